The third-order valence-corrected chi connectivity index (χ3v) is 1.91. The van der Waals surface area contributed by atoms with Gasteiger partial charge in [0.2, 0.25) is 0 Å². The van der Waals surface area contributed by atoms with Gasteiger partial charge >= 0.3 is 0 Å². The SMILES string of the molecule is Cc1ccc(C(N)CF)c(O)c1F. The molecule has 0 saturated heterocycles. The van der Waals surface area contributed by atoms with Gasteiger partial charge in [-0.15, -0.1) is 0 Å². The van der Waals surface area contributed by atoms with E-state index < -0.39 is 24.3 Å². The third-order valence-electron chi connectivity index (χ3n) is 1.91. The lowest BCUT2D eigenvalue weighted by atomic mass is 10.0. The quantitative estimate of drug-likeness (QED) is 0.741. The van der Waals surface area contributed by atoms with Crippen molar-refractivity contribution in [1.29, 1.82) is 0 Å². The fourth-order valence-electron chi connectivity index (χ4n) is 1.06. The van der Waals surface area contributed by atoms with Gasteiger partial charge in [-0.2, -0.15) is 0 Å². The predicted octanol–water partition coefficient (Wildman–Crippen LogP) is 1.81. The number of hydrogen-bond donors (Lipinski definition) is 2. The van der Waals surface area contributed by atoms with E-state index in [9.17, 15) is 13.9 Å². The van der Waals surface area contributed by atoms with Crippen molar-refractivity contribution in [1.82, 2.24) is 0 Å². The summed E-state index contributed by atoms with van der Waals surface area (Å²) in [6.45, 7) is 0.690. The Morgan fingerprint density at radius 3 is 2.69 bits per heavy atom. The Bertz CT molecular complexity index is 315. The molecular weight excluding hydrogens is 176 g/mol. The van der Waals surface area contributed by atoms with Crippen LogP contribution in [0.15, 0.2) is 12.1 Å². The lowest BCUT2D eigenvalue weighted by Gasteiger charge is -2.11. The van der Waals surface area contributed by atoms with Gasteiger partial charge < -0.3 is 10.8 Å². The van der Waals surface area contributed by atoms with Crippen LogP contribution in [0.25, 0.3) is 0 Å². The summed E-state index contributed by atoms with van der Waals surface area (Å²) in [6.07, 6.45) is 0. The molecule has 0 radical (unpaired) electrons. The molecule has 0 aromatic heterocycles. The molecule has 0 heterocycles. The fraction of sp³-hybridized carbons (Fsp3) is 0.333. The highest BCUT2D eigenvalue weighted by molar-refractivity contribution is 5.39. The highest BCUT2D eigenvalue weighted by atomic mass is 19.1. The zero-order valence-corrected chi connectivity index (χ0v) is 7.22. The maximum Gasteiger partial charge on any atom is 0.168 e. The molecule has 0 fully saturated rings. The van der Waals surface area contributed by atoms with Crippen LogP contribution in [-0.2, 0) is 0 Å². The fourth-order valence-corrected chi connectivity index (χ4v) is 1.06. The summed E-state index contributed by atoms with van der Waals surface area (Å²) in [5, 5.41) is 9.26. The Kier molecular flexibility index (Phi) is 2.83. The van der Waals surface area contributed by atoms with Gasteiger partial charge in [-0.1, -0.05) is 12.1 Å². The van der Waals surface area contributed by atoms with Crippen LogP contribution in [0.2, 0.25) is 0 Å². The molecule has 1 aromatic carbocycles. The van der Waals surface area contributed by atoms with Crippen molar-refractivity contribution in [3.8, 4) is 5.75 Å². The standard InChI is InChI=1S/C9H11F2NO/c1-5-2-3-6(7(12)4-10)9(13)8(5)11/h2-3,7,13H,4,12H2,1H3. The first kappa shape index (κ1) is 9.92. The highest BCUT2D eigenvalue weighted by Crippen LogP contribution is 2.27. The molecule has 1 unspecified atom stereocenters. The number of phenols is 1. The average molecular weight is 187 g/mol. The molecule has 2 nitrogen and oxygen atoms in total. The van der Waals surface area contributed by atoms with E-state index in [1.807, 2.05) is 0 Å². The highest BCUT2D eigenvalue weighted by Gasteiger charge is 2.15. The zero-order chi connectivity index (χ0) is 10.0. The van der Waals surface area contributed by atoms with E-state index in [0.717, 1.165) is 0 Å². The van der Waals surface area contributed by atoms with E-state index in [-0.39, 0.29) is 5.56 Å². The zero-order valence-electron chi connectivity index (χ0n) is 7.22. The Hall–Kier alpha value is -1.16. The van der Waals surface area contributed by atoms with Gasteiger partial charge in [-0.3, -0.25) is 0 Å². The molecule has 1 aromatic rings. The monoisotopic (exact) mass is 187 g/mol. The maximum atomic E-state index is 13.1. The van der Waals surface area contributed by atoms with Gasteiger partial charge in [0.1, 0.15) is 6.67 Å². The van der Waals surface area contributed by atoms with Gasteiger partial charge in [0, 0.05) is 5.56 Å². The van der Waals surface area contributed by atoms with Gasteiger partial charge in [0.25, 0.3) is 0 Å². The number of phenolic OH excluding ortho intramolecular Hbond substituents is 1. The third kappa shape index (κ3) is 1.78. The van der Waals surface area contributed by atoms with Gasteiger partial charge in [-0.05, 0) is 12.5 Å². The number of rotatable bonds is 2. The van der Waals surface area contributed by atoms with Crippen molar-refractivity contribution in [2.24, 2.45) is 5.73 Å². The van der Waals surface area contributed by atoms with E-state index in [1.54, 1.807) is 0 Å². The second-order valence-corrected chi connectivity index (χ2v) is 2.90. The molecule has 1 atom stereocenters. The van der Waals surface area contributed by atoms with Crippen molar-refractivity contribution in [2.45, 2.75) is 13.0 Å². The summed E-state index contributed by atoms with van der Waals surface area (Å²) >= 11 is 0. The number of halogens is 2. The van der Waals surface area contributed by atoms with Crippen LogP contribution in [0.3, 0.4) is 0 Å². The maximum absolute atomic E-state index is 13.1. The van der Waals surface area contributed by atoms with E-state index in [2.05, 4.69) is 0 Å². The summed E-state index contributed by atoms with van der Waals surface area (Å²) in [5.41, 5.74) is 5.73. The van der Waals surface area contributed by atoms with Crippen molar-refractivity contribution >= 4 is 0 Å². The van der Waals surface area contributed by atoms with Crippen molar-refractivity contribution in [3.63, 3.8) is 0 Å². The number of aryl methyl sites for hydroxylation is 1. The summed E-state index contributed by atoms with van der Waals surface area (Å²) < 4.78 is 25.2. The Morgan fingerprint density at radius 1 is 1.54 bits per heavy atom. The van der Waals surface area contributed by atoms with Crippen LogP contribution in [0.1, 0.15) is 17.2 Å². The Labute approximate surface area is 75.0 Å². The van der Waals surface area contributed by atoms with Crippen LogP contribution in [0.4, 0.5) is 8.78 Å². The molecule has 0 spiro atoms. The van der Waals surface area contributed by atoms with E-state index in [4.69, 9.17) is 5.73 Å². The number of hydrogen-bond acceptors (Lipinski definition) is 2. The molecule has 4 heteroatoms. The molecule has 0 amide bonds. The smallest absolute Gasteiger partial charge is 0.168 e. The van der Waals surface area contributed by atoms with Crippen LogP contribution in [0.5, 0.6) is 5.75 Å². The molecule has 72 valence electrons. The molecule has 3 N–H and O–H groups in total. The first-order valence-electron chi connectivity index (χ1n) is 3.87. The van der Waals surface area contributed by atoms with Crippen LogP contribution < -0.4 is 5.73 Å². The minimum atomic E-state index is -0.963. The lowest BCUT2D eigenvalue weighted by molar-refractivity contribution is 0.395. The van der Waals surface area contributed by atoms with E-state index in [1.165, 1.54) is 19.1 Å². The summed E-state index contributed by atoms with van der Waals surface area (Å²) in [5.74, 6) is -1.29. The van der Waals surface area contributed by atoms with Crippen molar-refractivity contribution in [3.05, 3.63) is 29.1 Å². The van der Waals surface area contributed by atoms with Crippen LogP contribution in [0, 0.1) is 12.7 Å². The first-order chi connectivity index (χ1) is 6.07. The van der Waals surface area contributed by atoms with Gasteiger partial charge in [-0.25, -0.2) is 8.78 Å². The lowest BCUT2D eigenvalue weighted by Crippen LogP contribution is -2.12. The molecule has 1 rings (SSSR count). The normalized spacial score (nSPS) is 12.9. The second kappa shape index (κ2) is 3.70. The molecule has 0 saturated carbocycles. The molecule has 0 aliphatic carbocycles. The largest absolute Gasteiger partial charge is 0.505 e. The van der Waals surface area contributed by atoms with Crippen LogP contribution >= 0.6 is 0 Å². The predicted molar refractivity (Wildman–Crippen MR) is 45.7 cm³/mol. The summed E-state index contributed by atoms with van der Waals surface area (Å²) in [7, 11) is 0. The first-order valence-corrected chi connectivity index (χ1v) is 3.87. The molecule has 0 bridgehead atoms. The molecule has 13 heavy (non-hydrogen) atoms. The number of alkyl halides is 1. The Morgan fingerprint density at radius 2 is 2.15 bits per heavy atom. The number of aromatic hydroxyl groups is 1. The Balaban J connectivity index is 3.18. The minimum absolute atomic E-state index is 0.102. The molecule has 0 aliphatic rings. The number of nitrogens with two attached hydrogens (primary N) is 1. The van der Waals surface area contributed by atoms with Crippen molar-refractivity contribution < 1.29 is 13.9 Å². The minimum Gasteiger partial charge on any atom is -0.505 e. The molecule has 0 aliphatic heterocycles. The summed E-state index contributed by atoms with van der Waals surface area (Å²) in [4.78, 5) is 0. The topological polar surface area (TPSA) is 46.2 Å². The van der Waals surface area contributed by atoms with Crippen LogP contribution in [-0.4, -0.2) is 11.8 Å². The summed E-state index contributed by atoms with van der Waals surface area (Å²) in [6, 6.07) is 1.92. The van der Waals surface area contributed by atoms with E-state index >= 15 is 0 Å². The van der Waals surface area contributed by atoms with Crippen molar-refractivity contribution in [2.75, 3.05) is 6.67 Å². The average Bonchev–Trinajstić information content (AvgIpc) is 2.13. The van der Waals surface area contributed by atoms with E-state index in [0.29, 0.717) is 5.56 Å². The van der Waals surface area contributed by atoms with Gasteiger partial charge in [0.05, 0.1) is 6.04 Å². The second-order valence-electron chi connectivity index (χ2n) is 2.90. The molecular formula is C9H11F2NO. The van der Waals surface area contributed by atoms with Gasteiger partial charge in [0.15, 0.2) is 11.6 Å². The number of benzene rings is 1.